The number of rotatable bonds is 5. The summed E-state index contributed by atoms with van der Waals surface area (Å²) in [4.78, 5) is 30.2. The molecular formula is C16H16FN3O3. The van der Waals surface area contributed by atoms with Crippen LogP contribution in [-0.2, 0) is 5.41 Å². The van der Waals surface area contributed by atoms with E-state index in [-0.39, 0.29) is 17.2 Å². The summed E-state index contributed by atoms with van der Waals surface area (Å²) >= 11 is 0. The lowest BCUT2D eigenvalue weighted by molar-refractivity contribution is 0.0689. The first-order chi connectivity index (χ1) is 10.8. The highest BCUT2D eigenvalue weighted by atomic mass is 19.1. The third kappa shape index (κ3) is 4.09. The van der Waals surface area contributed by atoms with Crippen LogP contribution in [-0.4, -0.2) is 33.5 Å². The monoisotopic (exact) mass is 317 g/mol. The zero-order valence-corrected chi connectivity index (χ0v) is 12.7. The molecule has 2 aromatic rings. The molecule has 2 N–H and O–H groups in total. The topological polar surface area (TPSA) is 92.2 Å². The Labute approximate surface area is 132 Å². The fraction of sp³-hybridized carbons (Fsp3) is 0.250. The van der Waals surface area contributed by atoms with Crippen molar-refractivity contribution in [3.8, 4) is 0 Å². The number of benzene rings is 1. The van der Waals surface area contributed by atoms with Crippen molar-refractivity contribution in [2.24, 2.45) is 0 Å². The number of carbonyl (C=O) groups is 2. The van der Waals surface area contributed by atoms with Crippen LogP contribution < -0.4 is 5.32 Å². The number of halogens is 1. The lowest BCUT2D eigenvalue weighted by Gasteiger charge is -2.25. The van der Waals surface area contributed by atoms with Gasteiger partial charge in [-0.2, -0.15) is 0 Å². The Morgan fingerprint density at radius 3 is 2.22 bits per heavy atom. The highest BCUT2D eigenvalue weighted by molar-refractivity contribution is 5.92. The molecule has 120 valence electrons. The van der Waals surface area contributed by atoms with Crippen LogP contribution in [0.4, 0.5) is 4.39 Å². The molecule has 0 atom stereocenters. The van der Waals surface area contributed by atoms with Crippen LogP contribution in [0.5, 0.6) is 0 Å². The molecule has 0 fully saturated rings. The van der Waals surface area contributed by atoms with E-state index in [0.29, 0.717) is 6.54 Å². The number of carboxylic acid groups (broad SMARTS) is 1. The largest absolute Gasteiger partial charge is 0.476 e. The van der Waals surface area contributed by atoms with Crippen LogP contribution in [0.1, 0.15) is 40.4 Å². The third-order valence-corrected chi connectivity index (χ3v) is 3.42. The van der Waals surface area contributed by atoms with Gasteiger partial charge in [-0.3, -0.25) is 4.79 Å². The summed E-state index contributed by atoms with van der Waals surface area (Å²) in [5.41, 5.74) is 0.280. The average Bonchev–Trinajstić information content (AvgIpc) is 2.53. The Morgan fingerprint density at radius 1 is 1.13 bits per heavy atom. The van der Waals surface area contributed by atoms with E-state index < -0.39 is 17.3 Å². The molecule has 0 spiro atoms. The van der Waals surface area contributed by atoms with Crippen LogP contribution in [0.25, 0.3) is 0 Å². The molecular weight excluding hydrogens is 301 g/mol. The number of carbonyl (C=O) groups excluding carboxylic acids is 1. The molecule has 0 saturated carbocycles. The zero-order valence-electron chi connectivity index (χ0n) is 12.7. The highest BCUT2D eigenvalue weighted by Crippen LogP contribution is 2.22. The zero-order chi connectivity index (χ0) is 17.0. The summed E-state index contributed by atoms with van der Waals surface area (Å²) in [6, 6.07) is 6.08. The predicted octanol–water partition coefficient (Wildman–Crippen LogP) is 2.02. The Bertz CT molecular complexity index is 712. The molecule has 2 rings (SSSR count). The van der Waals surface area contributed by atoms with Crippen molar-refractivity contribution >= 4 is 11.9 Å². The Morgan fingerprint density at radius 2 is 1.70 bits per heavy atom. The fourth-order valence-electron chi connectivity index (χ4n) is 1.95. The summed E-state index contributed by atoms with van der Waals surface area (Å²) in [6.45, 7) is 4.14. The van der Waals surface area contributed by atoms with Crippen molar-refractivity contribution in [1.82, 2.24) is 15.3 Å². The first-order valence-electron chi connectivity index (χ1n) is 6.89. The van der Waals surface area contributed by atoms with Crippen LogP contribution in [0.2, 0.25) is 0 Å². The SMILES string of the molecule is CC(C)(CNC(=O)c1cnc(C(=O)O)cn1)c1ccc(F)cc1. The molecule has 0 radical (unpaired) electrons. The van der Waals surface area contributed by atoms with Gasteiger partial charge in [0.1, 0.15) is 11.5 Å². The maximum Gasteiger partial charge on any atom is 0.356 e. The summed E-state index contributed by atoms with van der Waals surface area (Å²) in [5, 5.41) is 11.5. The number of aromatic carboxylic acids is 1. The minimum absolute atomic E-state index is 0.0323. The molecule has 1 aromatic heterocycles. The van der Waals surface area contributed by atoms with Crippen LogP contribution in [0, 0.1) is 5.82 Å². The number of nitrogens with zero attached hydrogens (tertiary/aromatic N) is 2. The minimum Gasteiger partial charge on any atom is -0.476 e. The summed E-state index contributed by atoms with van der Waals surface area (Å²) in [6.07, 6.45) is 2.14. The quantitative estimate of drug-likeness (QED) is 0.880. The van der Waals surface area contributed by atoms with E-state index >= 15 is 0 Å². The van der Waals surface area contributed by atoms with Crippen LogP contribution >= 0.6 is 0 Å². The molecule has 1 amide bonds. The van der Waals surface area contributed by atoms with Crippen molar-refractivity contribution in [2.45, 2.75) is 19.3 Å². The van der Waals surface area contributed by atoms with Gasteiger partial charge in [0.05, 0.1) is 12.4 Å². The van der Waals surface area contributed by atoms with Gasteiger partial charge in [-0.05, 0) is 17.7 Å². The Hall–Kier alpha value is -2.83. The van der Waals surface area contributed by atoms with Gasteiger partial charge in [-0.1, -0.05) is 26.0 Å². The van der Waals surface area contributed by atoms with E-state index in [1.165, 1.54) is 12.1 Å². The smallest absolute Gasteiger partial charge is 0.356 e. The van der Waals surface area contributed by atoms with Crippen LogP contribution in [0.15, 0.2) is 36.7 Å². The Kier molecular flexibility index (Phi) is 4.68. The van der Waals surface area contributed by atoms with Gasteiger partial charge in [0.2, 0.25) is 0 Å². The van der Waals surface area contributed by atoms with E-state index in [2.05, 4.69) is 15.3 Å². The fourth-order valence-corrected chi connectivity index (χ4v) is 1.95. The number of aromatic nitrogens is 2. The van der Waals surface area contributed by atoms with E-state index in [9.17, 15) is 14.0 Å². The molecule has 0 saturated heterocycles. The van der Waals surface area contributed by atoms with Gasteiger partial charge < -0.3 is 10.4 Å². The maximum absolute atomic E-state index is 13.0. The molecule has 0 aliphatic carbocycles. The van der Waals surface area contributed by atoms with Crippen molar-refractivity contribution < 1.29 is 19.1 Å². The first kappa shape index (κ1) is 16.5. The molecule has 0 aliphatic rings. The summed E-state index contributed by atoms with van der Waals surface area (Å²) < 4.78 is 13.0. The second kappa shape index (κ2) is 6.51. The van der Waals surface area contributed by atoms with E-state index in [0.717, 1.165) is 18.0 Å². The second-order valence-electron chi connectivity index (χ2n) is 5.67. The molecule has 0 aliphatic heterocycles. The van der Waals surface area contributed by atoms with Gasteiger partial charge in [-0.15, -0.1) is 0 Å². The molecule has 1 heterocycles. The lowest BCUT2D eigenvalue weighted by Crippen LogP contribution is -2.37. The molecule has 0 unspecified atom stereocenters. The van der Waals surface area contributed by atoms with Crippen molar-refractivity contribution in [2.75, 3.05) is 6.54 Å². The molecule has 7 heteroatoms. The number of nitrogens with one attached hydrogen (secondary N) is 1. The number of carboxylic acids is 1. The van der Waals surface area contributed by atoms with Gasteiger partial charge in [-0.25, -0.2) is 19.2 Å². The number of hydrogen-bond acceptors (Lipinski definition) is 4. The van der Waals surface area contributed by atoms with Gasteiger partial charge in [0.15, 0.2) is 5.69 Å². The highest BCUT2D eigenvalue weighted by Gasteiger charge is 2.22. The van der Waals surface area contributed by atoms with E-state index in [4.69, 9.17) is 5.11 Å². The first-order valence-corrected chi connectivity index (χ1v) is 6.89. The van der Waals surface area contributed by atoms with Gasteiger partial charge in [0.25, 0.3) is 5.91 Å². The maximum atomic E-state index is 13.0. The number of hydrogen-bond donors (Lipinski definition) is 2. The lowest BCUT2D eigenvalue weighted by atomic mass is 9.84. The molecule has 0 bridgehead atoms. The molecule has 23 heavy (non-hydrogen) atoms. The average molecular weight is 317 g/mol. The third-order valence-electron chi connectivity index (χ3n) is 3.42. The van der Waals surface area contributed by atoms with Crippen molar-refractivity contribution in [3.05, 3.63) is 59.4 Å². The predicted molar refractivity (Wildman–Crippen MR) is 80.8 cm³/mol. The summed E-state index contributed by atoms with van der Waals surface area (Å²) in [7, 11) is 0. The summed E-state index contributed by atoms with van der Waals surface area (Å²) in [5.74, 6) is -1.98. The number of amides is 1. The Balaban J connectivity index is 2.02. The second-order valence-corrected chi connectivity index (χ2v) is 5.67. The minimum atomic E-state index is -1.21. The molecule has 6 nitrogen and oxygen atoms in total. The van der Waals surface area contributed by atoms with Crippen molar-refractivity contribution in [3.63, 3.8) is 0 Å². The molecule has 1 aromatic carbocycles. The van der Waals surface area contributed by atoms with E-state index in [1.54, 1.807) is 12.1 Å². The van der Waals surface area contributed by atoms with E-state index in [1.807, 2.05) is 13.8 Å². The van der Waals surface area contributed by atoms with Crippen LogP contribution in [0.3, 0.4) is 0 Å². The normalized spacial score (nSPS) is 11.1. The van der Waals surface area contributed by atoms with Crippen molar-refractivity contribution in [1.29, 1.82) is 0 Å². The standard InChI is InChI=1S/C16H16FN3O3/c1-16(2,10-3-5-11(17)6-4-10)9-20-14(21)12-7-19-13(8-18-12)15(22)23/h3-8H,9H2,1-2H3,(H,20,21)(H,22,23). The van der Waals surface area contributed by atoms with Gasteiger partial charge >= 0.3 is 5.97 Å². The van der Waals surface area contributed by atoms with Gasteiger partial charge in [0, 0.05) is 12.0 Å².